The van der Waals surface area contributed by atoms with Crippen LogP contribution < -0.4 is 5.32 Å². The molecule has 0 saturated heterocycles. The number of ether oxygens (including phenoxy) is 1. The van der Waals surface area contributed by atoms with Gasteiger partial charge < -0.3 is 15.2 Å². The Kier molecular flexibility index (Phi) is 8.36. The molecule has 0 aliphatic carbocycles. The molecule has 0 spiro atoms. The van der Waals surface area contributed by atoms with Gasteiger partial charge in [-0.3, -0.25) is 4.79 Å². The number of rotatable bonds is 10. The van der Waals surface area contributed by atoms with Gasteiger partial charge in [-0.15, -0.1) is 0 Å². The highest BCUT2D eigenvalue weighted by Gasteiger charge is 2.22. The van der Waals surface area contributed by atoms with Gasteiger partial charge >= 0.3 is 5.97 Å². The summed E-state index contributed by atoms with van der Waals surface area (Å²) in [4.78, 5) is 24.3. The van der Waals surface area contributed by atoms with Crippen molar-refractivity contribution < 1.29 is 19.4 Å². The van der Waals surface area contributed by atoms with E-state index < -0.39 is 12.0 Å². The fraction of sp³-hybridized carbons (Fsp3) is 0.333. The number of carboxylic acids is 1. The maximum absolute atomic E-state index is 12.8. The van der Waals surface area contributed by atoms with Crippen LogP contribution in [-0.2, 0) is 16.1 Å². The molecule has 2 rings (SSSR count). The lowest BCUT2D eigenvalue weighted by molar-refractivity contribution is -0.139. The smallest absolute Gasteiger partial charge is 0.326 e. The Morgan fingerprint density at radius 3 is 2.56 bits per heavy atom. The van der Waals surface area contributed by atoms with Crippen molar-refractivity contribution in [2.75, 3.05) is 18.6 Å². The average Bonchev–Trinajstić information content (AvgIpc) is 2.69. The molecule has 0 heterocycles. The lowest BCUT2D eigenvalue weighted by atomic mass is 9.96. The van der Waals surface area contributed by atoms with E-state index >= 15 is 0 Å². The van der Waals surface area contributed by atoms with Gasteiger partial charge in [0.05, 0.1) is 6.61 Å². The lowest BCUT2D eigenvalue weighted by Crippen LogP contribution is -2.41. The van der Waals surface area contributed by atoms with E-state index in [9.17, 15) is 14.7 Å². The van der Waals surface area contributed by atoms with Crippen LogP contribution in [0.1, 0.15) is 29.3 Å². The van der Waals surface area contributed by atoms with Gasteiger partial charge in [0.1, 0.15) is 6.04 Å². The van der Waals surface area contributed by atoms with Gasteiger partial charge in [0.15, 0.2) is 0 Å². The van der Waals surface area contributed by atoms with E-state index in [1.54, 1.807) is 17.8 Å². The third-order valence-electron chi connectivity index (χ3n) is 4.10. The summed E-state index contributed by atoms with van der Waals surface area (Å²) in [6.07, 6.45) is 2.29. The van der Waals surface area contributed by atoms with E-state index in [4.69, 9.17) is 4.74 Å². The lowest BCUT2D eigenvalue weighted by Gasteiger charge is -2.17. The number of thioether (sulfide) groups is 1. The summed E-state index contributed by atoms with van der Waals surface area (Å²) in [5.41, 5.74) is 3.08. The Morgan fingerprint density at radius 2 is 1.93 bits per heavy atom. The topological polar surface area (TPSA) is 75.6 Å². The zero-order chi connectivity index (χ0) is 19.6. The third kappa shape index (κ3) is 6.12. The summed E-state index contributed by atoms with van der Waals surface area (Å²) >= 11 is 1.55. The van der Waals surface area contributed by atoms with Gasteiger partial charge in [0, 0.05) is 12.2 Å². The van der Waals surface area contributed by atoms with Gasteiger partial charge in [0.2, 0.25) is 0 Å². The number of hydrogen-bond acceptors (Lipinski definition) is 4. The van der Waals surface area contributed by atoms with Crippen molar-refractivity contribution >= 4 is 23.6 Å². The molecule has 144 valence electrons. The van der Waals surface area contributed by atoms with Crippen molar-refractivity contribution in [1.82, 2.24) is 5.32 Å². The summed E-state index contributed by atoms with van der Waals surface area (Å²) in [6, 6.07) is 14.2. The summed E-state index contributed by atoms with van der Waals surface area (Å²) < 4.78 is 5.47. The van der Waals surface area contributed by atoms with Gasteiger partial charge in [-0.2, -0.15) is 11.8 Å². The van der Waals surface area contributed by atoms with Crippen LogP contribution in [0, 0.1) is 0 Å². The zero-order valence-electron chi connectivity index (χ0n) is 15.6. The minimum atomic E-state index is -1.02. The van der Waals surface area contributed by atoms with Crippen LogP contribution in [0.2, 0.25) is 0 Å². The number of amides is 1. The zero-order valence-corrected chi connectivity index (χ0v) is 16.4. The molecule has 0 radical (unpaired) electrons. The monoisotopic (exact) mass is 387 g/mol. The molecule has 6 heteroatoms. The molecular weight excluding hydrogens is 362 g/mol. The molecule has 0 bridgehead atoms. The van der Waals surface area contributed by atoms with E-state index in [-0.39, 0.29) is 5.91 Å². The number of hydrogen-bond donors (Lipinski definition) is 2. The Hall–Kier alpha value is -2.31. The van der Waals surface area contributed by atoms with E-state index in [1.165, 1.54) is 0 Å². The van der Waals surface area contributed by atoms with Gasteiger partial charge in [-0.25, -0.2) is 4.79 Å². The molecule has 0 aromatic heterocycles. The van der Waals surface area contributed by atoms with Crippen molar-refractivity contribution in [2.24, 2.45) is 0 Å². The Balaban J connectivity index is 2.33. The third-order valence-corrected chi connectivity index (χ3v) is 4.74. The molecule has 0 unspecified atom stereocenters. The second kappa shape index (κ2) is 10.7. The summed E-state index contributed by atoms with van der Waals surface area (Å²) in [7, 11) is 0. The molecule has 2 aromatic carbocycles. The standard InChI is InChI=1S/C21H25NO4S/c1-3-26-14-15-9-10-17(18(13-15)16-7-5-4-6-8-16)20(23)22-19(21(24)25)11-12-27-2/h4-10,13,19H,3,11-12,14H2,1-2H3,(H,22,23)(H,24,25)/t19-/m0/s1. The molecular formula is C21H25NO4S. The number of carbonyl (C=O) groups is 2. The second-order valence-corrected chi connectivity index (χ2v) is 7.01. The quantitative estimate of drug-likeness (QED) is 0.648. The van der Waals surface area contributed by atoms with Crippen LogP contribution >= 0.6 is 11.8 Å². The van der Waals surface area contributed by atoms with Crippen LogP contribution in [-0.4, -0.2) is 41.6 Å². The number of benzene rings is 2. The first-order valence-corrected chi connectivity index (χ1v) is 10.2. The summed E-state index contributed by atoms with van der Waals surface area (Å²) in [6.45, 7) is 3.00. The highest BCUT2D eigenvalue weighted by atomic mass is 32.2. The van der Waals surface area contributed by atoms with Crippen LogP contribution in [0.3, 0.4) is 0 Å². The Labute approximate surface area is 164 Å². The van der Waals surface area contributed by atoms with Crippen LogP contribution in [0.25, 0.3) is 11.1 Å². The first-order valence-electron chi connectivity index (χ1n) is 8.85. The highest BCUT2D eigenvalue weighted by molar-refractivity contribution is 7.98. The average molecular weight is 388 g/mol. The minimum Gasteiger partial charge on any atom is -0.480 e. The molecule has 2 aromatic rings. The van der Waals surface area contributed by atoms with Gasteiger partial charge in [-0.1, -0.05) is 36.4 Å². The minimum absolute atomic E-state index is 0.380. The number of carboxylic acid groups (broad SMARTS) is 1. The first kappa shape index (κ1) is 21.0. The molecule has 1 amide bonds. The van der Waals surface area contributed by atoms with Crippen LogP contribution in [0.5, 0.6) is 0 Å². The maximum atomic E-state index is 12.8. The van der Waals surface area contributed by atoms with Crippen LogP contribution in [0.4, 0.5) is 0 Å². The van der Waals surface area contributed by atoms with E-state index in [2.05, 4.69) is 5.32 Å². The normalized spacial score (nSPS) is 11.8. The molecule has 0 aliphatic rings. The molecule has 27 heavy (non-hydrogen) atoms. The first-order chi connectivity index (χ1) is 13.1. The van der Waals surface area contributed by atoms with Gasteiger partial charge in [-0.05, 0) is 54.2 Å². The van der Waals surface area contributed by atoms with Crippen molar-refractivity contribution in [1.29, 1.82) is 0 Å². The maximum Gasteiger partial charge on any atom is 0.326 e. The molecule has 0 saturated carbocycles. The van der Waals surface area contributed by atoms with E-state index in [0.29, 0.717) is 31.0 Å². The van der Waals surface area contributed by atoms with Crippen molar-refractivity contribution in [2.45, 2.75) is 26.0 Å². The predicted molar refractivity (Wildman–Crippen MR) is 109 cm³/mol. The fourth-order valence-electron chi connectivity index (χ4n) is 2.68. The fourth-order valence-corrected chi connectivity index (χ4v) is 3.16. The number of nitrogens with one attached hydrogen (secondary N) is 1. The van der Waals surface area contributed by atoms with Crippen molar-refractivity contribution in [3.63, 3.8) is 0 Å². The summed E-state index contributed by atoms with van der Waals surface area (Å²) in [5, 5.41) is 12.0. The SMILES string of the molecule is CCOCc1ccc(C(=O)N[C@@H](CCSC)C(=O)O)c(-c2ccccc2)c1. The Morgan fingerprint density at radius 1 is 1.19 bits per heavy atom. The highest BCUT2D eigenvalue weighted by Crippen LogP contribution is 2.26. The molecule has 0 fully saturated rings. The summed E-state index contributed by atoms with van der Waals surface area (Å²) in [5.74, 6) is -0.743. The van der Waals surface area contributed by atoms with E-state index in [0.717, 1.165) is 16.7 Å². The largest absolute Gasteiger partial charge is 0.480 e. The molecule has 2 N–H and O–H groups in total. The van der Waals surface area contributed by atoms with Gasteiger partial charge in [0.25, 0.3) is 5.91 Å². The second-order valence-electron chi connectivity index (χ2n) is 6.03. The Bertz CT molecular complexity index is 764. The number of aliphatic carboxylic acids is 1. The van der Waals surface area contributed by atoms with Crippen LogP contribution in [0.15, 0.2) is 48.5 Å². The van der Waals surface area contributed by atoms with E-state index in [1.807, 2.05) is 55.6 Å². The van der Waals surface area contributed by atoms with Crippen molar-refractivity contribution in [3.8, 4) is 11.1 Å². The predicted octanol–water partition coefficient (Wildman–Crippen LogP) is 3.83. The molecule has 1 atom stereocenters. The van der Waals surface area contributed by atoms with Crippen molar-refractivity contribution in [3.05, 3.63) is 59.7 Å². The number of carbonyl (C=O) groups excluding carboxylic acids is 1. The molecule has 0 aliphatic heterocycles. The molecule has 5 nitrogen and oxygen atoms in total.